The van der Waals surface area contributed by atoms with Crippen molar-refractivity contribution in [2.75, 3.05) is 19.6 Å². The Morgan fingerprint density at radius 3 is 2.94 bits per heavy atom. The average Bonchev–Trinajstić information content (AvgIpc) is 3.16. The summed E-state index contributed by atoms with van der Waals surface area (Å²) in [7, 11) is 0. The zero-order chi connectivity index (χ0) is 12.1. The molecule has 0 amide bonds. The summed E-state index contributed by atoms with van der Waals surface area (Å²) in [6, 6.07) is 2.95. The molecule has 1 heterocycles. The molecular formula is C14H23N3. The Morgan fingerprint density at radius 2 is 2.29 bits per heavy atom. The minimum Gasteiger partial charge on any atom is -0.311 e. The zero-order valence-corrected chi connectivity index (χ0v) is 10.9. The normalized spacial score (nSPS) is 15.5. The summed E-state index contributed by atoms with van der Waals surface area (Å²) < 4.78 is 0. The second-order valence-corrected chi connectivity index (χ2v) is 4.84. The smallest absolute Gasteiger partial charge is 0.0315 e. The number of rotatable bonds is 7. The van der Waals surface area contributed by atoms with E-state index < -0.39 is 0 Å². The fraction of sp³-hybridized carbons (Fsp3) is 0.643. The summed E-state index contributed by atoms with van der Waals surface area (Å²) >= 11 is 0. The van der Waals surface area contributed by atoms with Crippen LogP contribution >= 0.6 is 0 Å². The van der Waals surface area contributed by atoms with E-state index >= 15 is 0 Å². The van der Waals surface area contributed by atoms with E-state index in [1.165, 1.54) is 37.1 Å². The Kier molecular flexibility index (Phi) is 4.51. The van der Waals surface area contributed by atoms with Gasteiger partial charge in [-0.15, -0.1) is 0 Å². The lowest BCUT2D eigenvalue weighted by Gasteiger charge is -2.19. The van der Waals surface area contributed by atoms with Crippen LogP contribution in [0.25, 0.3) is 0 Å². The minimum absolute atomic E-state index is 0.877. The molecule has 0 bridgehead atoms. The molecule has 1 saturated carbocycles. The molecule has 0 aliphatic heterocycles. The molecule has 1 aromatic heterocycles. The third kappa shape index (κ3) is 3.79. The van der Waals surface area contributed by atoms with Gasteiger partial charge < -0.3 is 5.32 Å². The van der Waals surface area contributed by atoms with E-state index in [9.17, 15) is 0 Å². The average molecular weight is 233 g/mol. The molecule has 3 heteroatoms. The van der Waals surface area contributed by atoms with Crippen molar-refractivity contribution in [2.24, 2.45) is 0 Å². The number of pyridine rings is 1. The van der Waals surface area contributed by atoms with E-state index in [4.69, 9.17) is 0 Å². The standard InChI is InChI=1S/C14H23N3/c1-3-17(14-4-5-14)9-8-16-11-13-10-15-7-6-12(13)2/h6-7,10,14,16H,3-5,8-9,11H2,1-2H3. The Balaban J connectivity index is 1.67. The van der Waals surface area contributed by atoms with Gasteiger partial charge in [0.1, 0.15) is 0 Å². The van der Waals surface area contributed by atoms with Gasteiger partial charge >= 0.3 is 0 Å². The van der Waals surface area contributed by atoms with Gasteiger partial charge in [-0.05, 0) is 43.5 Å². The molecule has 1 aromatic rings. The van der Waals surface area contributed by atoms with Crippen LogP contribution in [0, 0.1) is 6.92 Å². The van der Waals surface area contributed by atoms with Crippen LogP contribution in [0.2, 0.25) is 0 Å². The van der Waals surface area contributed by atoms with Crippen molar-refractivity contribution in [1.82, 2.24) is 15.2 Å². The van der Waals surface area contributed by atoms with Crippen molar-refractivity contribution in [3.8, 4) is 0 Å². The number of nitrogens with zero attached hydrogens (tertiary/aromatic N) is 2. The van der Waals surface area contributed by atoms with Crippen LogP contribution in [0.3, 0.4) is 0 Å². The molecule has 1 fully saturated rings. The first-order chi connectivity index (χ1) is 8.31. The number of hydrogen-bond acceptors (Lipinski definition) is 3. The van der Waals surface area contributed by atoms with Crippen molar-refractivity contribution in [2.45, 2.75) is 39.3 Å². The molecule has 1 aliphatic carbocycles. The molecule has 0 spiro atoms. The van der Waals surface area contributed by atoms with Gasteiger partial charge in [0.05, 0.1) is 0 Å². The SMILES string of the molecule is CCN(CCNCc1cnccc1C)C1CC1. The highest BCUT2D eigenvalue weighted by atomic mass is 15.2. The zero-order valence-electron chi connectivity index (χ0n) is 10.9. The topological polar surface area (TPSA) is 28.2 Å². The number of aromatic nitrogens is 1. The quantitative estimate of drug-likeness (QED) is 0.730. The van der Waals surface area contributed by atoms with Crippen LogP contribution in [0.15, 0.2) is 18.5 Å². The lowest BCUT2D eigenvalue weighted by atomic mass is 10.1. The monoisotopic (exact) mass is 233 g/mol. The van der Waals surface area contributed by atoms with E-state index in [0.717, 1.165) is 19.1 Å². The van der Waals surface area contributed by atoms with Gasteiger partial charge in [0.2, 0.25) is 0 Å². The van der Waals surface area contributed by atoms with E-state index in [1.54, 1.807) is 0 Å². The third-order valence-corrected chi connectivity index (χ3v) is 3.51. The Morgan fingerprint density at radius 1 is 1.47 bits per heavy atom. The summed E-state index contributed by atoms with van der Waals surface area (Å²) in [5.74, 6) is 0. The summed E-state index contributed by atoms with van der Waals surface area (Å²) in [6.45, 7) is 8.74. The molecule has 94 valence electrons. The maximum absolute atomic E-state index is 4.16. The third-order valence-electron chi connectivity index (χ3n) is 3.51. The minimum atomic E-state index is 0.877. The number of hydrogen-bond donors (Lipinski definition) is 1. The fourth-order valence-corrected chi connectivity index (χ4v) is 2.17. The number of aryl methyl sites for hydroxylation is 1. The Bertz CT molecular complexity index is 347. The molecule has 17 heavy (non-hydrogen) atoms. The summed E-state index contributed by atoms with van der Waals surface area (Å²) in [5.41, 5.74) is 2.63. The first kappa shape index (κ1) is 12.5. The fourth-order valence-electron chi connectivity index (χ4n) is 2.17. The molecule has 3 nitrogen and oxygen atoms in total. The molecular weight excluding hydrogens is 210 g/mol. The maximum Gasteiger partial charge on any atom is 0.0315 e. The molecule has 1 N–H and O–H groups in total. The van der Waals surface area contributed by atoms with Gasteiger partial charge in [0.25, 0.3) is 0 Å². The van der Waals surface area contributed by atoms with Crippen LogP contribution in [0.1, 0.15) is 30.9 Å². The predicted molar refractivity (Wildman–Crippen MR) is 70.9 cm³/mol. The molecule has 0 atom stereocenters. The summed E-state index contributed by atoms with van der Waals surface area (Å²) in [4.78, 5) is 6.74. The summed E-state index contributed by atoms with van der Waals surface area (Å²) in [5, 5.41) is 3.51. The number of nitrogens with one attached hydrogen (secondary N) is 1. The van der Waals surface area contributed by atoms with Crippen molar-refractivity contribution in [3.05, 3.63) is 29.6 Å². The van der Waals surface area contributed by atoms with E-state index in [-0.39, 0.29) is 0 Å². The summed E-state index contributed by atoms with van der Waals surface area (Å²) in [6.07, 6.45) is 6.61. The maximum atomic E-state index is 4.16. The molecule has 2 rings (SSSR count). The van der Waals surface area contributed by atoms with Crippen LogP contribution in [-0.4, -0.2) is 35.6 Å². The lowest BCUT2D eigenvalue weighted by molar-refractivity contribution is 0.277. The van der Waals surface area contributed by atoms with Gasteiger partial charge in [0.15, 0.2) is 0 Å². The lowest BCUT2D eigenvalue weighted by Crippen LogP contribution is -2.33. The van der Waals surface area contributed by atoms with Crippen LogP contribution < -0.4 is 5.32 Å². The molecule has 0 aromatic carbocycles. The van der Waals surface area contributed by atoms with Crippen molar-refractivity contribution in [1.29, 1.82) is 0 Å². The van der Waals surface area contributed by atoms with Crippen LogP contribution in [0.5, 0.6) is 0 Å². The van der Waals surface area contributed by atoms with E-state index in [0.29, 0.717) is 0 Å². The van der Waals surface area contributed by atoms with Crippen molar-refractivity contribution in [3.63, 3.8) is 0 Å². The second-order valence-electron chi connectivity index (χ2n) is 4.84. The Labute approximate surface area is 104 Å². The molecule has 0 unspecified atom stereocenters. The molecule has 0 radical (unpaired) electrons. The van der Waals surface area contributed by atoms with Crippen LogP contribution in [0.4, 0.5) is 0 Å². The highest BCUT2D eigenvalue weighted by molar-refractivity contribution is 5.20. The first-order valence-corrected chi connectivity index (χ1v) is 6.65. The highest BCUT2D eigenvalue weighted by Gasteiger charge is 2.26. The molecule has 0 saturated heterocycles. The first-order valence-electron chi connectivity index (χ1n) is 6.65. The van der Waals surface area contributed by atoms with E-state index in [1.807, 2.05) is 12.4 Å². The van der Waals surface area contributed by atoms with Gasteiger partial charge in [-0.3, -0.25) is 9.88 Å². The van der Waals surface area contributed by atoms with Crippen LogP contribution in [-0.2, 0) is 6.54 Å². The van der Waals surface area contributed by atoms with Gasteiger partial charge in [-0.25, -0.2) is 0 Å². The highest BCUT2D eigenvalue weighted by Crippen LogP contribution is 2.25. The largest absolute Gasteiger partial charge is 0.311 e. The van der Waals surface area contributed by atoms with Crippen molar-refractivity contribution < 1.29 is 0 Å². The predicted octanol–water partition coefficient (Wildman–Crippen LogP) is 1.96. The van der Waals surface area contributed by atoms with E-state index in [2.05, 4.69) is 35.1 Å². The van der Waals surface area contributed by atoms with Gasteiger partial charge in [0, 0.05) is 38.1 Å². The number of likely N-dealkylation sites (N-methyl/N-ethyl adjacent to an activating group) is 1. The van der Waals surface area contributed by atoms with Gasteiger partial charge in [-0.2, -0.15) is 0 Å². The Hall–Kier alpha value is -0.930. The molecule has 1 aliphatic rings. The van der Waals surface area contributed by atoms with Gasteiger partial charge in [-0.1, -0.05) is 6.92 Å². The van der Waals surface area contributed by atoms with Crippen molar-refractivity contribution >= 4 is 0 Å². The second kappa shape index (κ2) is 6.12.